The van der Waals surface area contributed by atoms with Crippen molar-refractivity contribution >= 4 is 38.3 Å². The van der Waals surface area contributed by atoms with Crippen molar-refractivity contribution in [3.63, 3.8) is 0 Å². The Balaban J connectivity index is 0.00000338. The fraction of sp³-hybridized carbons (Fsp3) is 0.316. The van der Waals surface area contributed by atoms with Crippen molar-refractivity contribution in [1.82, 2.24) is 0 Å². The number of hydrogen-bond acceptors (Lipinski definition) is 5. The molecule has 0 aromatic heterocycles. The summed E-state index contributed by atoms with van der Waals surface area (Å²) in [6.45, 7) is 3.69. The summed E-state index contributed by atoms with van der Waals surface area (Å²) < 4.78 is 21.4. The van der Waals surface area contributed by atoms with Crippen LogP contribution in [0.1, 0.15) is 17.3 Å². The Kier molecular flexibility index (Phi) is 10.4. The summed E-state index contributed by atoms with van der Waals surface area (Å²) in [5, 5.41) is 0.926. The monoisotopic (exact) mass is 370 g/mol. The van der Waals surface area contributed by atoms with Gasteiger partial charge < -0.3 is 18.9 Å². The van der Waals surface area contributed by atoms with Crippen LogP contribution in [0.25, 0.3) is 0 Å². The third kappa shape index (κ3) is 6.34. The van der Waals surface area contributed by atoms with Crippen LogP contribution in [0.2, 0.25) is 0 Å². The Labute approximate surface area is 168 Å². The molecular formula is C19H24LiO5P. The van der Waals surface area contributed by atoms with Crippen molar-refractivity contribution in [3.8, 4) is 17.2 Å². The summed E-state index contributed by atoms with van der Waals surface area (Å²) in [6, 6.07) is 12.8. The quantitative estimate of drug-likeness (QED) is 0.366. The number of methoxy groups -OCH3 is 2. The molecule has 1 atom stereocenters. The van der Waals surface area contributed by atoms with Gasteiger partial charge in [0.05, 0.1) is 20.8 Å². The maximum absolute atomic E-state index is 12.7. The van der Waals surface area contributed by atoms with Gasteiger partial charge in [-0.1, -0.05) is 18.2 Å². The van der Waals surface area contributed by atoms with Gasteiger partial charge in [0, 0.05) is 6.61 Å². The van der Waals surface area contributed by atoms with Gasteiger partial charge in [-0.3, -0.25) is 4.79 Å². The molecule has 0 saturated heterocycles. The summed E-state index contributed by atoms with van der Waals surface area (Å²) in [5.41, 5.74) is 0.446. The fourth-order valence-corrected chi connectivity index (χ4v) is 3.23. The molecule has 1 unspecified atom stereocenters. The number of carbonyl (C=O) groups excluding carboxylic acids is 1. The Hall–Kier alpha value is -1.50. The normalized spacial score (nSPS) is 10.4. The molecule has 136 valence electrons. The minimum absolute atomic E-state index is 0. The number of rotatable bonds is 10. The molecule has 0 aliphatic rings. The first-order valence-electron chi connectivity index (χ1n) is 8.02. The predicted octanol–water partition coefficient (Wildman–Crippen LogP) is 2.61. The van der Waals surface area contributed by atoms with E-state index in [1.807, 2.05) is 31.2 Å². The predicted molar refractivity (Wildman–Crippen MR) is 107 cm³/mol. The molecule has 0 aliphatic heterocycles. The van der Waals surface area contributed by atoms with E-state index in [-0.39, 0.29) is 33.0 Å². The van der Waals surface area contributed by atoms with Crippen molar-refractivity contribution < 1.29 is 23.7 Å². The van der Waals surface area contributed by atoms with Crippen LogP contribution in [0, 0.1) is 0 Å². The first-order chi connectivity index (χ1) is 12.2. The van der Waals surface area contributed by atoms with E-state index in [9.17, 15) is 4.79 Å². The van der Waals surface area contributed by atoms with Crippen LogP contribution < -0.4 is 19.5 Å². The molecular weight excluding hydrogens is 346 g/mol. The van der Waals surface area contributed by atoms with Crippen LogP contribution in [0.3, 0.4) is 0 Å². The SMILES string of the molecule is CCOCCOc1ccc(PC(=O)c2c(OC)cccc2OC)cc1.[LiH]. The third-order valence-corrected chi connectivity index (χ3v) is 4.57. The van der Waals surface area contributed by atoms with E-state index >= 15 is 0 Å². The van der Waals surface area contributed by atoms with Crippen molar-refractivity contribution in [2.45, 2.75) is 6.92 Å². The standard InChI is InChI=1S/C19H23O5P.Li.H/c1-4-23-12-13-24-14-8-10-15(11-9-14)25-19(20)18-16(21-2)6-5-7-17(18)22-3;;/h5-11,25H,4,12-13H2,1-3H3;;. The van der Waals surface area contributed by atoms with Crippen molar-refractivity contribution in [2.75, 3.05) is 34.0 Å². The number of hydrogen-bond donors (Lipinski definition) is 0. The molecule has 2 aromatic carbocycles. The van der Waals surface area contributed by atoms with Crippen LogP contribution in [-0.4, -0.2) is 58.4 Å². The molecule has 0 N–H and O–H groups in total. The minimum atomic E-state index is -0.0284. The van der Waals surface area contributed by atoms with E-state index in [4.69, 9.17) is 18.9 Å². The number of ether oxygens (including phenoxy) is 4. The van der Waals surface area contributed by atoms with Gasteiger partial charge in [-0.25, -0.2) is 0 Å². The maximum atomic E-state index is 12.7. The van der Waals surface area contributed by atoms with Gasteiger partial charge in [0.15, 0.2) is 5.52 Å². The Morgan fingerprint density at radius 1 is 0.962 bits per heavy atom. The van der Waals surface area contributed by atoms with Gasteiger partial charge in [0.2, 0.25) is 0 Å². The number of carbonyl (C=O) groups is 1. The molecule has 0 bridgehead atoms. The molecule has 0 spiro atoms. The molecule has 26 heavy (non-hydrogen) atoms. The van der Waals surface area contributed by atoms with Gasteiger partial charge in [0.25, 0.3) is 0 Å². The molecule has 2 rings (SSSR count). The zero-order chi connectivity index (χ0) is 18.1. The van der Waals surface area contributed by atoms with E-state index in [0.717, 1.165) is 11.1 Å². The molecule has 0 amide bonds. The van der Waals surface area contributed by atoms with Gasteiger partial charge >= 0.3 is 18.9 Å². The second kappa shape index (κ2) is 12.0. The summed E-state index contributed by atoms with van der Waals surface area (Å²) in [6.07, 6.45) is 0. The van der Waals surface area contributed by atoms with E-state index in [2.05, 4.69) is 0 Å². The van der Waals surface area contributed by atoms with E-state index < -0.39 is 0 Å². The van der Waals surface area contributed by atoms with Gasteiger partial charge in [-0.2, -0.15) is 0 Å². The van der Waals surface area contributed by atoms with Crippen molar-refractivity contribution in [3.05, 3.63) is 48.0 Å². The average molecular weight is 370 g/mol. The molecule has 0 heterocycles. The summed E-state index contributed by atoms with van der Waals surface area (Å²) >= 11 is 0. The zero-order valence-electron chi connectivity index (χ0n) is 14.7. The third-order valence-electron chi connectivity index (χ3n) is 3.47. The first kappa shape index (κ1) is 22.5. The molecule has 0 fully saturated rings. The van der Waals surface area contributed by atoms with E-state index in [1.54, 1.807) is 32.4 Å². The molecule has 2 aromatic rings. The van der Waals surface area contributed by atoms with Crippen LogP contribution >= 0.6 is 8.58 Å². The Bertz CT molecular complexity index is 669. The zero-order valence-corrected chi connectivity index (χ0v) is 15.7. The van der Waals surface area contributed by atoms with Gasteiger partial charge in [0.1, 0.15) is 29.4 Å². The Morgan fingerprint density at radius 3 is 2.12 bits per heavy atom. The van der Waals surface area contributed by atoms with Crippen LogP contribution in [0.15, 0.2) is 42.5 Å². The second-order valence-electron chi connectivity index (χ2n) is 5.06. The molecule has 5 nitrogen and oxygen atoms in total. The van der Waals surface area contributed by atoms with E-state index in [0.29, 0.717) is 36.9 Å². The fourth-order valence-electron chi connectivity index (χ4n) is 2.27. The van der Waals surface area contributed by atoms with Crippen molar-refractivity contribution in [2.24, 2.45) is 0 Å². The Morgan fingerprint density at radius 2 is 1.58 bits per heavy atom. The van der Waals surface area contributed by atoms with Crippen molar-refractivity contribution in [1.29, 1.82) is 0 Å². The molecule has 0 radical (unpaired) electrons. The van der Waals surface area contributed by atoms with Crippen LogP contribution in [0.5, 0.6) is 17.2 Å². The van der Waals surface area contributed by atoms with Gasteiger partial charge in [-0.15, -0.1) is 0 Å². The summed E-state index contributed by atoms with van der Waals surface area (Å²) in [4.78, 5) is 12.7. The van der Waals surface area contributed by atoms with Crippen LogP contribution in [0.4, 0.5) is 0 Å². The van der Waals surface area contributed by atoms with Gasteiger partial charge in [-0.05, 0) is 45.1 Å². The second-order valence-corrected chi connectivity index (χ2v) is 6.34. The molecule has 0 saturated carbocycles. The van der Waals surface area contributed by atoms with Crippen LogP contribution in [-0.2, 0) is 4.74 Å². The average Bonchev–Trinajstić information content (AvgIpc) is 2.65. The first-order valence-corrected chi connectivity index (χ1v) is 9.02. The topological polar surface area (TPSA) is 54.0 Å². The summed E-state index contributed by atoms with van der Waals surface area (Å²) in [7, 11) is 3.06. The van der Waals surface area contributed by atoms with E-state index in [1.165, 1.54) is 0 Å². The summed E-state index contributed by atoms with van der Waals surface area (Å²) in [5.74, 6) is 1.80. The number of benzene rings is 2. The molecule has 7 heteroatoms. The molecule has 0 aliphatic carbocycles.